The van der Waals surface area contributed by atoms with Crippen molar-refractivity contribution >= 4 is 38.9 Å². The molecule has 13 aromatic carbocycles. The zero-order valence-corrected chi connectivity index (χ0v) is 46.9. The van der Waals surface area contributed by atoms with E-state index in [4.69, 9.17) is 0 Å². The lowest BCUT2D eigenvalue weighted by atomic mass is 9.55. The third kappa shape index (κ3) is 7.50. The van der Waals surface area contributed by atoms with Gasteiger partial charge in [-0.3, -0.25) is 0 Å². The van der Waals surface area contributed by atoms with E-state index in [-0.39, 0.29) is 5.41 Å². The maximum absolute atomic E-state index is 2.51. The molecular formula is C82H58N2. The summed E-state index contributed by atoms with van der Waals surface area (Å²) >= 11 is 0. The van der Waals surface area contributed by atoms with Crippen LogP contribution in [0.4, 0.5) is 17.1 Å². The highest BCUT2D eigenvalue weighted by Gasteiger charge is 2.53. The van der Waals surface area contributed by atoms with E-state index in [1.54, 1.807) is 0 Å². The minimum atomic E-state index is -0.478. The number of hydrogen-bond donors (Lipinski definition) is 0. The Morgan fingerprint density at radius 1 is 0.274 bits per heavy atom. The molecule has 0 unspecified atom stereocenters. The second-order valence-electron chi connectivity index (χ2n) is 23.1. The van der Waals surface area contributed by atoms with Crippen molar-refractivity contribution in [3.8, 4) is 72.4 Å². The summed E-state index contributed by atoms with van der Waals surface area (Å²) in [6.07, 6.45) is 0. The first-order valence-corrected chi connectivity index (χ1v) is 29.3. The predicted molar refractivity (Wildman–Crippen MR) is 352 cm³/mol. The Balaban J connectivity index is 0.882. The monoisotopic (exact) mass is 1070 g/mol. The van der Waals surface area contributed by atoms with Crippen LogP contribution < -0.4 is 4.90 Å². The molecule has 0 N–H and O–H groups in total. The lowest BCUT2D eigenvalue weighted by Gasteiger charge is -2.46. The Morgan fingerprint density at radius 3 is 1.48 bits per heavy atom. The summed E-state index contributed by atoms with van der Waals surface area (Å²) < 4.78 is 2.44. The van der Waals surface area contributed by atoms with Crippen LogP contribution in [0.5, 0.6) is 0 Å². The average molecular weight is 1070 g/mol. The van der Waals surface area contributed by atoms with Crippen LogP contribution in [-0.4, -0.2) is 4.57 Å². The summed E-state index contributed by atoms with van der Waals surface area (Å²) in [5.74, 6) is 0. The van der Waals surface area contributed by atoms with Crippen molar-refractivity contribution in [3.05, 3.63) is 349 Å². The molecule has 2 nitrogen and oxygen atoms in total. The fraction of sp³-hybridized carbons (Fsp3) is 0.0488. The normalized spacial score (nSPS) is 13.3. The molecule has 2 heteroatoms. The summed E-state index contributed by atoms with van der Waals surface area (Å²) in [5, 5.41) is 2.46. The number of rotatable bonds is 9. The lowest BCUT2D eigenvalue weighted by molar-refractivity contribution is 0.563. The average Bonchev–Trinajstić information content (AvgIpc) is 1.44. The van der Waals surface area contributed by atoms with Gasteiger partial charge < -0.3 is 9.47 Å². The van der Waals surface area contributed by atoms with E-state index in [1.807, 2.05) is 0 Å². The molecule has 0 saturated carbocycles. The molecule has 0 aliphatic heterocycles. The first kappa shape index (κ1) is 49.3. The number of hydrogen-bond acceptors (Lipinski definition) is 1. The number of fused-ring (bicyclic) bond motifs is 12. The first-order valence-electron chi connectivity index (χ1n) is 29.3. The Bertz CT molecular complexity index is 4820. The molecule has 16 rings (SSSR count). The van der Waals surface area contributed by atoms with E-state index in [9.17, 15) is 0 Å². The van der Waals surface area contributed by atoms with E-state index in [0.29, 0.717) is 0 Å². The molecule has 2 aliphatic rings. The van der Waals surface area contributed by atoms with Gasteiger partial charge >= 0.3 is 0 Å². The van der Waals surface area contributed by atoms with Gasteiger partial charge in [-0.25, -0.2) is 0 Å². The van der Waals surface area contributed by atoms with E-state index in [1.165, 1.54) is 99.7 Å². The third-order valence-corrected chi connectivity index (χ3v) is 18.3. The van der Waals surface area contributed by atoms with Crippen molar-refractivity contribution in [2.24, 2.45) is 0 Å². The molecule has 1 spiro atoms. The summed E-state index contributed by atoms with van der Waals surface area (Å²) in [4.78, 5) is 2.47. The molecule has 0 amide bonds. The van der Waals surface area contributed by atoms with Crippen molar-refractivity contribution in [3.63, 3.8) is 0 Å². The van der Waals surface area contributed by atoms with Crippen molar-refractivity contribution in [1.29, 1.82) is 0 Å². The Morgan fingerprint density at radius 2 is 0.762 bits per heavy atom. The number of nitrogens with zero attached hydrogens (tertiary/aromatic N) is 2. The molecule has 1 aromatic heterocycles. The second-order valence-corrected chi connectivity index (χ2v) is 23.1. The van der Waals surface area contributed by atoms with E-state index < -0.39 is 5.41 Å². The first-order chi connectivity index (χ1) is 41.5. The van der Waals surface area contributed by atoms with Gasteiger partial charge in [-0.2, -0.15) is 0 Å². The molecule has 14 aromatic rings. The highest BCUT2D eigenvalue weighted by Crippen LogP contribution is 2.62. The predicted octanol–water partition coefficient (Wildman–Crippen LogP) is 21.6. The zero-order valence-electron chi connectivity index (χ0n) is 46.9. The molecule has 1 heterocycles. The highest BCUT2D eigenvalue weighted by atomic mass is 15.1. The number of para-hydroxylation sites is 4. The number of anilines is 3. The minimum Gasteiger partial charge on any atom is -0.310 e. The highest BCUT2D eigenvalue weighted by molar-refractivity contribution is 6.14. The van der Waals surface area contributed by atoms with Crippen molar-refractivity contribution in [2.45, 2.75) is 24.7 Å². The van der Waals surface area contributed by atoms with Gasteiger partial charge in [-0.1, -0.05) is 275 Å². The molecular weight excluding hydrogens is 1010 g/mol. The topological polar surface area (TPSA) is 8.17 Å². The largest absolute Gasteiger partial charge is 0.310 e. The van der Waals surface area contributed by atoms with Crippen LogP contribution >= 0.6 is 0 Å². The second kappa shape index (κ2) is 19.6. The Kier molecular flexibility index (Phi) is 11.5. The fourth-order valence-corrected chi connectivity index (χ4v) is 14.6. The maximum atomic E-state index is 2.51. The molecule has 2 aliphatic carbocycles. The summed E-state index contributed by atoms with van der Waals surface area (Å²) in [5.41, 5.74) is 28.6. The Labute approximate surface area is 491 Å². The maximum Gasteiger partial charge on any atom is 0.0719 e. The molecule has 0 fully saturated rings. The lowest BCUT2D eigenvalue weighted by Crippen LogP contribution is -2.40. The van der Waals surface area contributed by atoms with Crippen LogP contribution in [0.1, 0.15) is 47.2 Å². The molecule has 84 heavy (non-hydrogen) atoms. The van der Waals surface area contributed by atoms with Crippen LogP contribution in [0.15, 0.2) is 315 Å². The fourth-order valence-electron chi connectivity index (χ4n) is 14.6. The Hall–Kier alpha value is -10.5. The van der Waals surface area contributed by atoms with Crippen molar-refractivity contribution in [1.82, 2.24) is 4.57 Å². The summed E-state index contributed by atoms with van der Waals surface area (Å²) in [7, 11) is 0. The van der Waals surface area contributed by atoms with Gasteiger partial charge in [0.25, 0.3) is 0 Å². The van der Waals surface area contributed by atoms with E-state index in [2.05, 4.69) is 339 Å². The summed E-state index contributed by atoms with van der Waals surface area (Å²) in [6.45, 7) is 4.79. The van der Waals surface area contributed by atoms with Crippen molar-refractivity contribution in [2.75, 3.05) is 4.90 Å². The molecule has 0 atom stereocenters. The molecule has 0 bridgehead atoms. The van der Waals surface area contributed by atoms with Gasteiger partial charge in [0, 0.05) is 44.4 Å². The number of benzene rings is 13. The van der Waals surface area contributed by atoms with Gasteiger partial charge in [0.05, 0.1) is 22.1 Å². The van der Waals surface area contributed by atoms with Crippen LogP contribution in [0.2, 0.25) is 0 Å². The van der Waals surface area contributed by atoms with Crippen molar-refractivity contribution < 1.29 is 0 Å². The standard InChI is InChI=1S/C82H58N2/c1-81(2)73-41-17-19-43-75(73)82(76-44-20-18-42-74(76)81)72-40-16-13-35-67(72)68-52-49-57(54-77(68)82)55-47-50-60(51-48-55)83(78-45-21-14-36-69(78)66-34-12-11-33-65(66)64-32-10-9-31-62(64)56-25-5-3-6-26-56)61-30-23-27-58(53-61)63-38-24-39-71-70-37-15-22-46-79(70)84(80(63)71)59-28-7-4-8-29-59/h3-54H,1-2H3. The van der Waals surface area contributed by atoms with Gasteiger partial charge in [-0.15, -0.1) is 0 Å². The minimum absolute atomic E-state index is 0.169. The van der Waals surface area contributed by atoms with E-state index >= 15 is 0 Å². The van der Waals surface area contributed by atoms with Gasteiger partial charge in [0.2, 0.25) is 0 Å². The SMILES string of the molecule is CC1(C)c2ccccc2C2(c3ccccc3-c3ccc(-c4ccc(N(c5cccc(-c6cccc7c8ccccc8n(-c8ccccc8)c67)c5)c5ccccc5-c5ccccc5-c5ccccc5-c5ccccc5)cc4)cc32)c2ccccc21. The van der Waals surface area contributed by atoms with Crippen LogP contribution in [0.3, 0.4) is 0 Å². The van der Waals surface area contributed by atoms with Gasteiger partial charge in [0.1, 0.15) is 0 Å². The van der Waals surface area contributed by atoms with Crippen LogP contribution in [-0.2, 0) is 10.8 Å². The molecule has 396 valence electrons. The van der Waals surface area contributed by atoms with Crippen LogP contribution in [0.25, 0.3) is 94.3 Å². The smallest absolute Gasteiger partial charge is 0.0719 e. The quantitative estimate of drug-likeness (QED) is 0.140. The molecule has 0 radical (unpaired) electrons. The van der Waals surface area contributed by atoms with Gasteiger partial charge in [-0.05, 0) is 144 Å². The number of aromatic nitrogens is 1. The zero-order chi connectivity index (χ0) is 55.9. The van der Waals surface area contributed by atoms with Gasteiger partial charge in [0.15, 0.2) is 0 Å². The summed E-state index contributed by atoms with van der Waals surface area (Å²) in [6, 6.07) is 117. The van der Waals surface area contributed by atoms with Crippen LogP contribution in [0, 0.1) is 0 Å². The third-order valence-electron chi connectivity index (χ3n) is 18.3. The van der Waals surface area contributed by atoms with E-state index in [0.717, 1.165) is 45.0 Å². The molecule has 0 saturated heterocycles.